The van der Waals surface area contributed by atoms with Gasteiger partial charge in [0.15, 0.2) is 5.65 Å². The summed E-state index contributed by atoms with van der Waals surface area (Å²) in [6, 6.07) is 0. The van der Waals surface area contributed by atoms with Gasteiger partial charge in [0.2, 0.25) is 0 Å². The molecule has 6 nitrogen and oxygen atoms in total. The average molecular weight is 238 g/mol. The Morgan fingerprint density at radius 1 is 1.56 bits per heavy atom. The first-order chi connectivity index (χ1) is 7.61. The Bertz CT molecular complexity index is 552. The molecule has 7 heteroatoms. The lowest BCUT2D eigenvalue weighted by molar-refractivity contribution is -0.137. The number of thioether (sulfide) groups is 1. The van der Waals surface area contributed by atoms with E-state index in [0.717, 1.165) is 10.4 Å². The number of aromatic nitrogens is 4. The second-order valence-corrected chi connectivity index (χ2v) is 4.01. The van der Waals surface area contributed by atoms with E-state index in [2.05, 4.69) is 15.1 Å². The fourth-order valence-electron chi connectivity index (χ4n) is 1.43. The zero-order chi connectivity index (χ0) is 11.7. The van der Waals surface area contributed by atoms with Gasteiger partial charge in [-0.3, -0.25) is 4.79 Å². The van der Waals surface area contributed by atoms with E-state index < -0.39 is 5.97 Å². The first-order valence-corrected chi connectivity index (χ1v) is 5.80. The van der Waals surface area contributed by atoms with E-state index >= 15 is 0 Å². The molecule has 0 amide bonds. The van der Waals surface area contributed by atoms with E-state index in [9.17, 15) is 4.79 Å². The molecule has 2 heterocycles. The number of carboxylic acids is 1. The van der Waals surface area contributed by atoms with Crippen molar-refractivity contribution in [1.82, 2.24) is 19.7 Å². The van der Waals surface area contributed by atoms with Gasteiger partial charge in [-0.1, -0.05) is 0 Å². The van der Waals surface area contributed by atoms with Gasteiger partial charge in [0.1, 0.15) is 17.4 Å². The first kappa shape index (κ1) is 10.9. The van der Waals surface area contributed by atoms with Crippen LogP contribution in [0, 0.1) is 6.92 Å². The minimum atomic E-state index is -0.938. The molecule has 0 bridgehead atoms. The van der Waals surface area contributed by atoms with Crippen LogP contribution in [0.15, 0.2) is 11.2 Å². The van der Waals surface area contributed by atoms with Crippen molar-refractivity contribution in [2.75, 3.05) is 6.26 Å². The van der Waals surface area contributed by atoms with Crippen LogP contribution >= 0.6 is 11.8 Å². The summed E-state index contributed by atoms with van der Waals surface area (Å²) >= 11 is 1.49. The molecule has 16 heavy (non-hydrogen) atoms. The van der Waals surface area contributed by atoms with E-state index in [0.29, 0.717) is 11.5 Å². The Hall–Kier alpha value is -1.63. The molecule has 2 aromatic rings. The van der Waals surface area contributed by atoms with Crippen LogP contribution < -0.4 is 0 Å². The highest BCUT2D eigenvalue weighted by atomic mass is 32.2. The normalized spacial score (nSPS) is 10.9. The lowest BCUT2D eigenvalue weighted by Gasteiger charge is -2.01. The lowest BCUT2D eigenvalue weighted by atomic mass is 10.4. The smallest absolute Gasteiger partial charge is 0.325 e. The largest absolute Gasteiger partial charge is 0.480 e. The lowest BCUT2D eigenvalue weighted by Crippen LogP contribution is -2.10. The van der Waals surface area contributed by atoms with Gasteiger partial charge in [-0.2, -0.15) is 5.10 Å². The Kier molecular flexibility index (Phi) is 2.78. The number of aliphatic carboxylic acids is 1. The molecule has 0 saturated carbocycles. The van der Waals surface area contributed by atoms with Crippen molar-refractivity contribution in [1.29, 1.82) is 0 Å². The van der Waals surface area contributed by atoms with Gasteiger partial charge < -0.3 is 5.11 Å². The summed E-state index contributed by atoms with van der Waals surface area (Å²) in [5.41, 5.74) is 0.569. The Morgan fingerprint density at radius 3 is 2.94 bits per heavy atom. The van der Waals surface area contributed by atoms with Crippen LogP contribution in [0.25, 0.3) is 11.0 Å². The van der Waals surface area contributed by atoms with Gasteiger partial charge in [0.25, 0.3) is 0 Å². The zero-order valence-corrected chi connectivity index (χ0v) is 9.65. The molecule has 0 saturated heterocycles. The van der Waals surface area contributed by atoms with Crippen LogP contribution in [-0.2, 0) is 11.3 Å². The molecule has 0 aliphatic carbocycles. The second kappa shape index (κ2) is 4.09. The molecule has 1 N–H and O–H groups in total. The summed E-state index contributed by atoms with van der Waals surface area (Å²) in [5, 5.41) is 14.3. The number of carbonyl (C=O) groups is 1. The van der Waals surface area contributed by atoms with Gasteiger partial charge in [-0.25, -0.2) is 14.6 Å². The maximum absolute atomic E-state index is 10.6. The van der Waals surface area contributed by atoms with Crippen molar-refractivity contribution < 1.29 is 9.90 Å². The second-order valence-electron chi connectivity index (χ2n) is 3.21. The molecule has 0 aliphatic heterocycles. The van der Waals surface area contributed by atoms with E-state index in [4.69, 9.17) is 5.11 Å². The summed E-state index contributed by atoms with van der Waals surface area (Å²) in [6.45, 7) is 1.59. The molecule has 2 aromatic heterocycles. The first-order valence-electron chi connectivity index (χ1n) is 4.57. The van der Waals surface area contributed by atoms with Gasteiger partial charge >= 0.3 is 5.97 Å². The molecular formula is C9H10N4O2S. The zero-order valence-electron chi connectivity index (χ0n) is 8.84. The van der Waals surface area contributed by atoms with Crippen molar-refractivity contribution >= 4 is 28.8 Å². The van der Waals surface area contributed by atoms with Gasteiger partial charge in [-0.15, -0.1) is 11.8 Å². The fourth-order valence-corrected chi connectivity index (χ4v) is 2.02. The predicted octanol–water partition coefficient (Wildman–Crippen LogP) is 0.941. The SMILES string of the molecule is CSc1nc(C)nc2c1cnn2CC(=O)O. The van der Waals surface area contributed by atoms with Crippen molar-refractivity contribution in [3.05, 3.63) is 12.0 Å². The Labute approximate surface area is 95.7 Å². The standard InChI is InChI=1S/C9H10N4O2S/c1-5-11-8-6(9(12-5)16-2)3-10-13(8)4-7(14)15/h3H,4H2,1-2H3,(H,14,15). The van der Waals surface area contributed by atoms with Crippen LogP contribution in [0.3, 0.4) is 0 Å². The van der Waals surface area contributed by atoms with E-state index in [1.807, 2.05) is 6.26 Å². The van der Waals surface area contributed by atoms with E-state index in [1.165, 1.54) is 16.4 Å². The van der Waals surface area contributed by atoms with Crippen LogP contribution in [0.4, 0.5) is 0 Å². The highest BCUT2D eigenvalue weighted by Crippen LogP contribution is 2.22. The van der Waals surface area contributed by atoms with Gasteiger partial charge in [0.05, 0.1) is 11.6 Å². The fraction of sp³-hybridized carbons (Fsp3) is 0.333. The number of hydrogen-bond acceptors (Lipinski definition) is 5. The molecule has 0 atom stereocenters. The minimum absolute atomic E-state index is 0.187. The van der Waals surface area contributed by atoms with Crippen LogP contribution in [0.1, 0.15) is 5.82 Å². The summed E-state index contributed by atoms with van der Waals surface area (Å²) in [7, 11) is 0. The topological polar surface area (TPSA) is 80.9 Å². The van der Waals surface area contributed by atoms with Crippen LogP contribution in [0.5, 0.6) is 0 Å². The third kappa shape index (κ3) is 1.85. The number of aryl methyl sites for hydroxylation is 1. The molecule has 84 valence electrons. The third-order valence-electron chi connectivity index (χ3n) is 2.05. The quantitative estimate of drug-likeness (QED) is 0.633. The van der Waals surface area contributed by atoms with Crippen LogP contribution in [0.2, 0.25) is 0 Å². The van der Waals surface area contributed by atoms with Crippen molar-refractivity contribution in [2.45, 2.75) is 18.5 Å². The van der Waals surface area contributed by atoms with Gasteiger partial charge in [-0.05, 0) is 13.2 Å². The monoisotopic (exact) mass is 238 g/mol. The number of carboxylic acid groups (broad SMARTS) is 1. The minimum Gasteiger partial charge on any atom is -0.480 e. The Balaban J connectivity index is 2.62. The van der Waals surface area contributed by atoms with Crippen molar-refractivity contribution in [3.63, 3.8) is 0 Å². The third-order valence-corrected chi connectivity index (χ3v) is 2.75. The molecule has 0 radical (unpaired) electrons. The van der Waals surface area contributed by atoms with E-state index in [-0.39, 0.29) is 6.54 Å². The molecule has 2 rings (SSSR count). The predicted molar refractivity (Wildman–Crippen MR) is 59.5 cm³/mol. The molecular weight excluding hydrogens is 228 g/mol. The maximum atomic E-state index is 10.6. The van der Waals surface area contributed by atoms with E-state index in [1.54, 1.807) is 13.1 Å². The summed E-state index contributed by atoms with van der Waals surface area (Å²) < 4.78 is 1.37. The molecule has 0 aliphatic rings. The number of fused-ring (bicyclic) bond motifs is 1. The average Bonchev–Trinajstić information content (AvgIpc) is 2.59. The summed E-state index contributed by atoms with van der Waals surface area (Å²) in [6.07, 6.45) is 3.51. The number of hydrogen-bond donors (Lipinski definition) is 1. The number of rotatable bonds is 3. The molecule has 0 spiro atoms. The maximum Gasteiger partial charge on any atom is 0.325 e. The molecule has 0 unspecified atom stereocenters. The van der Waals surface area contributed by atoms with Crippen molar-refractivity contribution in [2.24, 2.45) is 0 Å². The summed E-state index contributed by atoms with van der Waals surface area (Å²) in [5.74, 6) is -0.323. The van der Waals surface area contributed by atoms with Gasteiger partial charge in [0, 0.05) is 0 Å². The molecule has 0 aromatic carbocycles. The highest BCUT2D eigenvalue weighted by molar-refractivity contribution is 7.98. The Morgan fingerprint density at radius 2 is 2.31 bits per heavy atom. The highest BCUT2D eigenvalue weighted by Gasteiger charge is 2.12. The number of nitrogens with zero attached hydrogens (tertiary/aromatic N) is 4. The van der Waals surface area contributed by atoms with Crippen LogP contribution in [-0.4, -0.2) is 37.1 Å². The molecule has 0 fully saturated rings. The summed E-state index contributed by atoms with van der Waals surface area (Å²) in [4.78, 5) is 19.1. The van der Waals surface area contributed by atoms with Crippen molar-refractivity contribution in [3.8, 4) is 0 Å².